The number of hydrogen-bond donors (Lipinski definition) is 2. The number of nitrogens with zero attached hydrogens (tertiary/aromatic N) is 1. The van der Waals surface area contributed by atoms with Crippen LogP contribution in [0.15, 0.2) is 50.9 Å². The zero-order chi connectivity index (χ0) is 20.1. The zero-order valence-corrected chi connectivity index (χ0v) is 17.5. The maximum Gasteiger partial charge on any atom is 0.252 e. The number of carbonyl (C=O) groups is 2. The van der Waals surface area contributed by atoms with Gasteiger partial charge in [0.05, 0.1) is 11.4 Å². The molecular weight excluding hydrogens is 418 g/mol. The number of anilines is 1. The summed E-state index contributed by atoms with van der Waals surface area (Å²) in [4.78, 5) is 24.4. The van der Waals surface area contributed by atoms with Crippen LogP contribution in [0.25, 0.3) is 0 Å². The molecule has 0 unspecified atom stereocenters. The summed E-state index contributed by atoms with van der Waals surface area (Å²) in [6, 6.07) is 10.5. The molecule has 3 rings (SSSR count). The third-order valence-corrected chi connectivity index (χ3v) is 8.80. The van der Waals surface area contributed by atoms with E-state index in [1.165, 1.54) is 27.4 Å². The normalized spacial score (nSPS) is 16.0. The van der Waals surface area contributed by atoms with Crippen molar-refractivity contribution in [2.45, 2.75) is 21.9 Å². The summed E-state index contributed by atoms with van der Waals surface area (Å²) in [5.41, 5.74) is 5.82. The van der Waals surface area contributed by atoms with E-state index in [0.717, 1.165) is 4.90 Å². The first-order valence-electron chi connectivity index (χ1n) is 8.72. The van der Waals surface area contributed by atoms with E-state index in [1.807, 2.05) is 12.1 Å². The van der Waals surface area contributed by atoms with E-state index in [-0.39, 0.29) is 17.6 Å². The fourth-order valence-corrected chi connectivity index (χ4v) is 6.34. The third kappa shape index (κ3) is 4.93. The summed E-state index contributed by atoms with van der Waals surface area (Å²) in [7, 11) is -3.48. The number of rotatable bonds is 7. The molecule has 3 N–H and O–H groups in total. The molecule has 7 nitrogen and oxygen atoms in total. The largest absolute Gasteiger partial charge is 0.369 e. The average Bonchev–Trinajstić information content (AvgIpc) is 3.23. The van der Waals surface area contributed by atoms with E-state index < -0.39 is 15.9 Å². The van der Waals surface area contributed by atoms with Crippen LogP contribution in [-0.2, 0) is 19.6 Å². The van der Waals surface area contributed by atoms with Crippen molar-refractivity contribution < 1.29 is 18.0 Å². The van der Waals surface area contributed by atoms with Crippen LogP contribution in [0.2, 0.25) is 0 Å². The highest BCUT2D eigenvalue weighted by molar-refractivity contribution is 8.00. The molecule has 1 fully saturated rings. The van der Waals surface area contributed by atoms with Gasteiger partial charge in [0, 0.05) is 23.9 Å². The molecule has 2 aromatic rings. The molecule has 0 aliphatic carbocycles. The molecule has 1 aromatic heterocycles. The van der Waals surface area contributed by atoms with Gasteiger partial charge in [-0.2, -0.15) is 4.31 Å². The highest BCUT2D eigenvalue weighted by atomic mass is 32.2. The number of carbonyl (C=O) groups excluding carboxylic acids is 2. The number of thiophene rings is 1. The number of amides is 2. The molecule has 0 atom stereocenters. The second-order valence-electron chi connectivity index (χ2n) is 6.35. The van der Waals surface area contributed by atoms with E-state index in [4.69, 9.17) is 5.73 Å². The highest BCUT2D eigenvalue weighted by Gasteiger charge is 2.32. The van der Waals surface area contributed by atoms with E-state index in [0.29, 0.717) is 35.8 Å². The number of nitrogens with two attached hydrogens (primary N) is 1. The predicted octanol–water partition coefficient (Wildman–Crippen LogP) is 2.36. The second kappa shape index (κ2) is 9.08. The zero-order valence-electron chi connectivity index (χ0n) is 15.0. The number of piperidine rings is 1. The van der Waals surface area contributed by atoms with Gasteiger partial charge in [0.2, 0.25) is 11.8 Å². The highest BCUT2D eigenvalue weighted by Crippen LogP contribution is 2.30. The van der Waals surface area contributed by atoms with Crippen molar-refractivity contribution >= 4 is 50.6 Å². The maximum absolute atomic E-state index is 12.7. The lowest BCUT2D eigenvalue weighted by Crippen LogP contribution is -2.41. The monoisotopic (exact) mass is 439 g/mol. The van der Waals surface area contributed by atoms with E-state index in [1.54, 1.807) is 29.6 Å². The first-order valence-corrected chi connectivity index (χ1v) is 12.0. The standard InChI is InChI=1S/C18H21N3O4S3/c19-16(22)12-27-15-5-2-1-4-14(15)20-18(23)13-7-9-21(10-8-13)28(24,25)17-6-3-11-26-17/h1-6,11,13H,7-10,12H2,(H2,19,22)(H,20,23). The number of benzene rings is 1. The van der Waals surface area contributed by atoms with Gasteiger partial charge < -0.3 is 11.1 Å². The molecule has 2 amide bonds. The molecule has 1 aromatic carbocycles. The Balaban J connectivity index is 1.60. The fourth-order valence-electron chi connectivity index (χ4n) is 2.98. The van der Waals surface area contributed by atoms with Crippen LogP contribution in [0.1, 0.15) is 12.8 Å². The van der Waals surface area contributed by atoms with Crippen molar-refractivity contribution in [2.24, 2.45) is 11.7 Å². The Morgan fingerprint density at radius 1 is 1.18 bits per heavy atom. The molecule has 1 saturated heterocycles. The van der Waals surface area contributed by atoms with Crippen LogP contribution in [0.5, 0.6) is 0 Å². The Kier molecular flexibility index (Phi) is 6.76. The van der Waals surface area contributed by atoms with Crippen LogP contribution in [0.3, 0.4) is 0 Å². The molecule has 0 spiro atoms. The number of thioether (sulfide) groups is 1. The number of para-hydroxylation sites is 1. The molecule has 10 heteroatoms. The molecule has 1 aliphatic heterocycles. The molecule has 150 valence electrons. The van der Waals surface area contributed by atoms with Crippen molar-refractivity contribution in [1.29, 1.82) is 0 Å². The van der Waals surface area contributed by atoms with Gasteiger partial charge in [0.15, 0.2) is 0 Å². The summed E-state index contributed by atoms with van der Waals surface area (Å²) in [5, 5.41) is 4.64. The molecule has 28 heavy (non-hydrogen) atoms. The molecule has 0 radical (unpaired) electrons. The van der Waals surface area contributed by atoms with E-state index >= 15 is 0 Å². The van der Waals surface area contributed by atoms with Crippen molar-refractivity contribution in [1.82, 2.24) is 4.31 Å². The van der Waals surface area contributed by atoms with Gasteiger partial charge >= 0.3 is 0 Å². The van der Waals surface area contributed by atoms with Gasteiger partial charge in [0.1, 0.15) is 4.21 Å². The Bertz CT molecular complexity index is 937. The molecular formula is C18H21N3O4S3. The molecule has 0 bridgehead atoms. The van der Waals surface area contributed by atoms with Crippen LogP contribution in [0, 0.1) is 5.92 Å². The number of sulfonamides is 1. The van der Waals surface area contributed by atoms with Gasteiger partial charge in [0.25, 0.3) is 10.0 Å². The summed E-state index contributed by atoms with van der Waals surface area (Å²) in [5.74, 6) is -0.694. The lowest BCUT2D eigenvalue weighted by atomic mass is 9.97. The Labute approximate surface area is 172 Å². The van der Waals surface area contributed by atoms with Crippen LogP contribution >= 0.6 is 23.1 Å². The molecule has 1 aliphatic rings. The second-order valence-corrected chi connectivity index (χ2v) is 10.5. The van der Waals surface area contributed by atoms with Crippen molar-refractivity contribution in [3.05, 3.63) is 41.8 Å². The van der Waals surface area contributed by atoms with Crippen molar-refractivity contribution in [3.8, 4) is 0 Å². The molecule has 0 saturated carbocycles. The average molecular weight is 440 g/mol. The van der Waals surface area contributed by atoms with Gasteiger partial charge in [-0.15, -0.1) is 23.1 Å². The van der Waals surface area contributed by atoms with Crippen LogP contribution in [0.4, 0.5) is 5.69 Å². The third-order valence-electron chi connectivity index (χ3n) is 4.43. The predicted molar refractivity (Wildman–Crippen MR) is 111 cm³/mol. The van der Waals surface area contributed by atoms with E-state index in [2.05, 4.69) is 5.32 Å². The Morgan fingerprint density at radius 3 is 2.54 bits per heavy atom. The number of hydrogen-bond acceptors (Lipinski definition) is 6. The maximum atomic E-state index is 12.7. The minimum absolute atomic E-state index is 0.131. The molecule has 2 heterocycles. The first-order chi connectivity index (χ1) is 13.4. The van der Waals surface area contributed by atoms with Gasteiger partial charge in [-0.25, -0.2) is 8.42 Å². The summed E-state index contributed by atoms with van der Waals surface area (Å²) in [6.45, 7) is 0.632. The van der Waals surface area contributed by atoms with Gasteiger partial charge in [-0.3, -0.25) is 9.59 Å². The topological polar surface area (TPSA) is 110 Å². The Hall–Kier alpha value is -1.88. The van der Waals surface area contributed by atoms with Crippen LogP contribution in [-0.4, -0.2) is 43.4 Å². The Morgan fingerprint density at radius 2 is 1.89 bits per heavy atom. The van der Waals surface area contributed by atoms with Crippen molar-refractivity contribution in [3.63, 3.8) is 0 Å². The lowest BCUT2D eigenvalue weighted by Gasteiger charge is -2.30. The lowest BCUT2D eigenvalue weighted by molar-refractivity contribution is -0.121. The van der Waals surface area contributed by atoms with E-state index in [9.17, 15) is 18.0 Å². The quantitative estimate of drug-likeness (QED) is 0.644. The minimum Gasteiger partial charge on any atom is -0.369 e. The SMILES string of the molecule is NC(=O)CSc1ccccc1NC(=O)C1CCN(S(=O)(=O)c2cccs2)CC1. The van der Waals surface area contributed by atoms with Crippen LogP contribution < -0.4 is 11.1 Å². The van der Waals surface area contributed by atoms with Crippen molar-refractivity contribution in [2.75, 3.05) is 24.2 Å². The van der Waals surface area contributed by atoms with Gasteiger partial charge in [-0.1, -0.05) is 18.2 Å². The minimum atomic E-state index is -3.48. The summed E-state index contributed by atoms with van der Waals surface area (Å²) >= 11 is 2.47. The first kappa shape index (κ1) is 20.8. The fraction of sp³-hybridized carbons (Fsp3) is 0.333. The number of nitrogens with one attached hydrogen (secondary N) is 1. The summed E-state index contributed by atoms with van der Waals surface area (Å²) < 4.78 is 26.9. The summed E-state index contributed by atoms with van der Waals surface area (Å²) in [6.07, 6.45) is 0.931. The van der Waals surface area contributed by atoms with Gasteiger partial charge in [-0.05, 0) is 36.4 Å². The number of primary amides is 1. The smallest absolute Gasteiger partial charge is 0.252 e.